The van der Waals surface area contributed by atoms with Crippen LogP contribution in [0, 0.1) is 0 Å². The zero-order valence-corrected chi connectivity index (χ0v) is 12.4. The number of pyridine rings is 3. The topological polar surface area (TPSA) is 61.1 Å². The molecule has 0 unspecified atom stereocenters. The minimum atomic E-state index is 0.165. The molecule has 0 radical (unpaired) electrons. The van der Waals surface area contributed by atoms with Gasteiger partial charge in [-0.05, 0) is 12.1 Å². The molecule has 110 valence electrons. The zero-order valence-electron chi connectivity index (χ0n) is 12.4. The third-order valence-corrected chi connectivity index (χ3v) is 3.46. The smallest absolute Gasteiger partial charge is 0.211 e. The number of aryl methyl sites for hydroxylation is 2. The van der Waals surface area contributed by atoms with Crippen molar-refractivity contribution < 1.29 is 19.3 Å². The van der Waals surface area contributed by atoms with Crippen LogP contribution in [0.4, 0.5) is 0 Å². The molecule has 0 atom stereocenters. The van der Waals surface area contributed by atoms with Gasteiger partial charge in [0.05, 0.1) is 22.5 Å². The van der Waals surface area contributed by atoms with Gasteiger partial charge in [-0.1, -0.05) is 6.07 Å². The highest BCUT2D eigenvalue weighted by Crippen LogP contribution is 2.30. The van der Waals surface area contributed by atoms with E-state index in [0.717, 1.165) is 0 Å². The van der Waals surface area contributed by atoms with Gasteiger partial charge >= 0.3 is 0 Å². The van der Waals surface area contributed by atoms with Gasteiger partial charge in [0.2, 0.25) is 12.4 Å². The standard InChI is InChI=1S/C17H15N3O2/c1-19-8-6-12(16(21)10-19)14-4-3-5-15(18-14)13-7-9-20(2)11-17(13)22/h3-11H,1-2H3/p+2. The number of aromatic nitrogens is 3. The molecular formula is C17H17N3O2+2. The number of hydrogen-bond acceptors (Lipinski definition) is 3. The van der Waals surface area contributed by atoms with E-state index in [1.165, 1.54) is 0 Å². The average Bonchev–Trinajstić information content (AvgIpc) is 2.47. The summed E-state index contributed by atoms with van der Waals surface area (Å²) in [5, 5.41) is 20.2. The summed E-state index contributed by atoms with van der Waals surface area (Å²) in [6.45, 7) is 0. The van der Waals surface area contributed by atoms with Gasteiger partial charge in [-0.15, -0.1) is 0 Å². The van der Waals surface area contributed by atoms with Crippen LogP contribution in [0.25, 0.3) is 22.5 Å². The van der Waals surface area contributed by atoms with Crippen molar-refractivity contribution in [3.8, 4) is 34.0 Å². The fraction of sp³-hybridized carbons (Fsp3) is 0.118. The second-order valence-electron chi connectivity index (χ2n) is 5.23. The second-order valence-corrected chi connectivity index (χ2v) is 5.23. The molecule has 0 aliphatic carbocycles. The molecular weight excluding hydrogens is 278 g/mol. The fourth-order valence-corrected chi connectivity index (χ4v) is 2.33. The molecule has 0 spiro atoms. The molecule has 0 saturated carbocycles. The molecule has 5 nitrogen and oxygen atoms in total. The van der Waals surface area contributed by atoms with E-state index in [1.54, 1.807) is 21.5 Å². The summed E-state index contributed by atoms with van der Waals surface area (Å²) >= 11 is 0. The van der Waals surface area contributed by atoms with E-state index in [9.17, 15) is 10.2 Å². The van der Waals surface area contributed by atoms with Crippen LogP contribution in [0.1, 0.15) is 0 Å². The van der Waals surface area contributed by atoms with Crippen LogP contribution in [0.15, 0.2) is 55.1 Å². The van der Waals surface area contributed by atoms with E-state index in [2.05, 4.69) is 4.98 Å². The third-order valence-electron chi connectivity index (χ3n) is 3.46. The van der Waals surface area contributed by atoms with Gasteiger partial charge in [0.25, 0.3) is 0 Å². The van der Waals surface area contributed by atoms with Gasteiger partial charge in [-0.2, -0.15) is 0 Å². The van der Waals surface area contributed by atoms with Gasteiger partial charge in [0, 0.05) is 12.1 Å². The lowest BCUT2D eigenvalue weighted by Crippen LogP contribution is -2.26. The highest BCUT2D eigenvalue weighted by Gasteiger charge is 2.13. The van der Waals surface area contributed by atoms with Crippen LogP contribution in [0.3, 0.4) is 0 Å². The fourth-order valence-electron chi connectivity index (χ4n) is 2.33. The number of nitrogens with zero attached hydrogens (tertiary/aromatic N) is 3. The number of aromatic hydroxyl groups is 2. The summed E-state index contributed by atoms with van der Waals surface area (Å²) in [5.74, 6) is 0.330. The average molecular weight is 295 g/mol. The molecule has 0 saturated heterocycles. The molecule has 22 heavy (non-hydrogen) atoms. The minimum absolute atomic E-state index is 0.165. The van der Waals surface area contributed by atoms with Crippen molar-refractivity contribution in [1.29, 1.82) is 0 Å². The van der Waals surface area contributed by atoms with Gasteiger partial charge < -0.3 is 10.2 Å². The van der Waals surface area contributed by atoms with E-state index >= 15 is 0 Å². The normalized spacial score (nSPS) is 10.6. The first-order chi connectivity index (χ1) is 10.5. The van der Waals surface area contributed by atoms with Crippen LogP contribution in [0.2, 0.25) is 0 Å². The Balaban J connectivity index is 2.10. The van der Waals surface area contributed by atoms with Gasteiger partial charge in [0.15, 0.2) is 23.9 Å². The Morgan fingerprint density at radius 2 is 1.23 bits per heavy atom. The molecule has 3 aromatic rings. The molecule has 0 fully saturated rings. The Morgan fingerprint density at radius 1 is 0.773 bits per heavy atom. The van der Waals surface area contributed by atoms with Crippen molar-refractivity contribution >= 4 is 0 Å². The maximum atomic E-state index is 10.1. The van der Waals surface area contributed by atoms with Crippen molar-refractivity contribution in [3.05, 3.63) is 55.1 Å². The summed E-state index contributed by atoms with van der Waals surface area (Å²) in [6, 6.07) is 9.15. The van der Waals surface area contributed by atoms with Crippen LogP contribution >= 0.6 is 0 Å². The van der Waals surface area contributed by atoms with Crippen molar-refractivity contribution in [2.24, 2.45) is 14.1 Å². The molecule has 3 aromatic heterocycles. The van der Waals surface area contributed by atoms with Gasteiger partial charge in [-0.3, -0.25) is 0 Å². The molecule has 0 amide bonds. The first-order valence-corrected chi connectivity index (χ1v) is 6.89. The maximum Gasteiger partial charge on any atom is 0.211 e. The highest BCUT2D eigenvalue weighted by molar-refractivity contribution is 5.71. The summed E-state index contributed by atoms with van der Waals surface area (Å²) < 4.78 is 3.54. The van der Waals surface area contributed by atoms with Crippen molar-refractivity contribution in [2.45, 2.75) is 0 Å². The Morgan fingerprint density at radius 3 is 1.64 bits per heavy atom. The van der Waals surface area contributed by atoms with E-state index in [4.69, 9.17) is 0 Å². The number of hydrogen-bond donors (Lipinski definition) is 2. The summed E-state index contributed by atoms with van der Waals surface area (Å²) in [7, 11) is 3.69. The number of rotatable bonds is 2. The molecule has 0 aliphatic rings. The SMILES string of the molecule is C[n+]1ccc(-c2cccc(-c3cc[n+](C)cc3O)n2)c(O)c1. The van der Waals surface area contributed by atoms with Crippen LogP contribution in [0.5, 0.6) is 11.5 Å². The van der Waals surface area contributed by atoms with Crippen molar-refractivity contribution in [3.63, 3.8) is 0 Å². The Hall–Kier alpha value is -2.95. The van der Waals surface area contributed by atoms with Crippen LogP contribution in [-0.4, -0.2) is 15.2 Å². The predicted molar refractivity (Wildman–Crippen MR) is 80.8 cm³/mol. The summed E-state index contributed by atoms with van der Waals surface area (Å²) in [6.07, 6.45) is 6.96. The van der Waals surface area contributed by atoms with E-state index < -0.39 is 0 Å². The maximum absolute atomic E-state index is 10.1. The highest BCUT2D eigenvalue weighted by atomic mass is 16.3. The quantitative estimate of drug-likeness (QED) is 0.704. The molecule has 0 aliphatic heterocycles. The van der Waals surface area contributed by atoms with Crippen LogP contribution < -0.4 is 9.13 Å². The molecule has 0 bridgehead atoms. The molecule has 0 aromatic carbocycles. The minimum Gasteiger partial charge on any atom is -0.502 e. The summed E-state index contributed by atoms with van der Waals surface area (Å²) in [4.78, 5) is 4.56. The molecule has 5 heteroatoms. The van der Waals surface area contributed by atoms with E-state index in [0.29, 0.717) is 22.5 Å². The van der Waals surface area contributed by atoms with Crippen molar-refractivity contribution in [2.75, 3.05) is 0 Å². The lowest BCUT2D eigenvalue weighted by molar-refractivity contribution is -0.671. The Kier molecular flexibility index (Phi) is 3.47. The van der Waals surface area contributed by atoms with E-state index in [1.807, 2.05) is 56.8 Å². The Labute approximate surface area is 128 Å². The van der Waals surface area contributed by atoms with Gasteiger partial charge in [-0.25, -0.2) is 14.1 Å². The largest absolute Gasteiger partial charge is 0.502 e. The van der Waals surface area contributed by atoms with Crippen molar-refractivity contribution in [1.82, 2.24) is 4.98 Å². The third kappa shape index (κ3) is 2.61. The van der Waals surface area contributed by atoms with Gasteiger partial charge in [0.1, 0.15) is 14.1 Å². The predicted octanol–water partition coefficient (Wildman–Crippen LogP) is 1.48. The first-order valence-electron chi connectivity index (χ1n) is 6.89. The lowest BCUT2D eigenvalue weighted by Gasteiger charge is -2.06. The summed E-state index contributed by atoms with van der Waals surface area (Å²) in [5.41, 5.74) is 2.62. The second kappa shape index (κ2) is 5.44. The van der Waals surface area contributed by atoms with E-state index in [-0.39, 0.29) is 11.5 Å². The first kappa shape index (κ1) is 14.0. The van der Waals surface area contributed by atoms with Crippen LogP contribution in [-0.2, 0) is 14.1 Å². The molecule has 2 N–H and O–H groups in total. The monoisotopic (exact) mass is 295 g/mol. The Bertz CT molecular complexity index is 780. The molecule has 3 heterocycles. The molecule has 3 rings (SSSR count). The zero-order chi connectivity index (χ0) is 15.7. The lowest BCUT2D eigenvalue weighted by atomic mass is 10.1.